The van der Waals surface area contributed by atoms with Crippen LogP contribution in [0.3, 0.4) is 0 Å². The summed E-state index contributed by atoms with van der Waals surface area (Å²) >= 11 is 1.55. The maximum Gasteiger partial charge on any atom is 0.315 e. The number of carbonyl (C=O) groups is 2. The number of rotatable bonds is 8. The Morgan fingerprint density at radius 1 is 1.33 bits per heavy atom. The Hall–Kier alpha value is -0.750. The van der Waals surface area contributed by atoms with Crippen molar-refractivity contribution in [2.75, 3.05) is 18.6 Å². The van der Waals surface area contributed by atoms with Crippen LogP contribution in [0.2, 0.25) is 0 Å². The van der Waals surface area contributed by atoms with Gasteiger partial charge in [0, 0.05) is 6.42 Å². The molecule has 0 radical (unpaired) electrons. The van der Waals surface area contributed by atoms with Crippen molar-refractivity contribution < 1.29 is 14.3 Å². The number of hydrazine groups is 1. The number of ether oxygens (including phenoxy) is 1. The molecule has 1 amide bonds. The number of hydrogen-bond donors (Lipinski definition) is 2. The van der Waals surface area contributed by atoms with E-state index < -0.39 is 0 Å². The number of unbranched alkanes of at least 4 members (excludes halogenated alkanes) is 2. The zero-order chi connectivity index (χ0) is 11.5. The fourth-order valence-corrected chi connectivity index (χ4v) is 1.79. The molecule has 0 aromatic rings. The molecule has 0 aliphatic rings. The number of methoxy groups -OCH3 is 1. The summed E-state index contributed by atoms with van der Waals surface area (Å²) in [4.78, 5) is 21.4. The molecule has 0 rings (SSSR count). The third kappa shape index (κ3) is 9.55. The first-order valence-corrected chi connectivity index (χ1v) is 6.00. The molecule has 5 nitrogen and oxygen atoms in total. The molecule has 0 aromatic heterocycles. The van der Waals surface area contributed by atoms with Crippen molar-refractivity contribution in [2.45, 2.75) is 25.7 Å². The molecule has 0 saturated carbocycles. The molecular formula is C9H18N2O3S. The number of nitrogens with two attached hydrogens (primary N) is 1. The maximum atomic E-state index is 10.7. The van der Waals surface area contributed by atoms with E-state index in [1.807, 2.05) is 0 Å². The van der Waals surface area contributed by atoms with E-state index in [0.29, 0.717) is 12.2 Å². The lowest BCUT2D eigenvalue weighted by atomic mass is 10.2. The van der Waals surface area contributed by atoms with Crippen molar-refractivity contribution in [3.8, 4) is 0 Å². The highest BCUT2D eigenvalue weighted by Gasteiger charge is 2.00. The number of carbonyl (C=O) groups excluding carboxylic acids is 2. The van der Waals surface area contributed by atoms with Crippen LogP contribution >= 0.6 is 11.8 Å². The van der Waals surface area contributed by atoms with Crippen LogP contribution in [0, 0.1) is 0 Å². The summed E-state index contributed by atoms with van der Waals surface area (Å²) < 4.78 is 4.50. The normalized spacial score (nSPS) is 9.73. The van der Waals surface area contributed by atoms with Gasteiger partial charge in [-0.3, -0.25) is 15.0 Å². The number of esters is 1. The fourth-order valence-electron chi connectivity index (χ4n) is 0.953. The quantitative estimate of drug-likeness (QED) is 0.209. The summed E-state index contributed by atoms with van der Waals surface area (Å²) in [5.41, 5.74) is 2.08. The molecule has 0 saturated heterocycles. The van der Waals surface area contributed by atoms with Crippen LogP contribution in [-0.4, -0.2) is 30.5 Å². The minimum absolute atomic E-state index is 0.128. The van der Waals surface area contributed by atoms with Gasteiger partial charge in [-0.25, -0.2) is 5.84 Å². The first-order chi connectivity index (χ1) is 7.20. The predicted octanol–water partition coefficient (Wildman–Crippen LogP) is 0.443. The summed E-state index contributed by atoms with van der Waals surface area (Å²) in [5.74, 6) is 5.93. The van der Waals surface area contributed by atoms with Crippen molar-refractivity contribution in [1.82, 2.24) is 5.43 Å². The Bertz CT molecular complexity index is 180. The molecular weight excluding hydrogens is 216 g/mol. The van der Waals surface area contributed by atoms with Gasteiger partial charge in [-0.2, -0.15) is 11.8 Å². The Labute approximate surface area is 94.1 Å². The van der Waals surface area contributed by atoms with E-state index in [0.717, 1.165) is 25.0 Å². The second-order valence-electron chi connectivity index (χ2n) is 3.01. The topological polar surface area (TPSA) is 81.4 Å². The van der Waals surface area contributed by atoms with Gasteiger partial charge in [-0.1, -0.05) is 6.42 Å². The van der Waals surface area contributed by atoms with Gasteiger partial charge in [0.2, 0.25) is 5.91 Å². The second kappa shape index (κ2) is 9.79. The number of hydrogen-bond acceptors (Lipinski definition) is 5. The van der Waals surface area contributed by atoms with E-state index in [1.165, 1.54) is 7.11 Å². The molecule has 0 atom stereocenters. The molecule has 0 aliphatic heterocycles. The van der Waals surface area contributed by atoms with Gasteiger partial charge in [-0.05, 0) is 18.6 Å². The minimum Gasteiger partial charge on any atom is -0.468 e. The molecule has 0 fully saturated rings. The lowest BCUT2D eigenvalue weighted by Gasteiger charge is -2.01. The Balaban J connectivity index is 3.11. The molecule has 0 spiro atoms. The van der Waals surface area contributed by atoms with Crippen LogP contribution in [0.25, 0.3) is 0 Å². The van der Waals surface area contributed by atoms with Crippen LogP contribution < -0.4 is 11.3 Å². The van der Waals surface area contributed by atoms with Crippen LogP contribution in [0.1, 0.15) is 25.7 Å². The lowest BCUT2D eigenvalue weighted by Crippen LogP contribution is -2.29. The average Bonchev–Trinajstić information content (AvgIpc) is 2.26. The van der Waals surface area contributed by atoms with Gasteiger partial charge < -0.3 is 4.74 Å². The van der Waals surface area contributed by atoms with Crippen molar-refractivity contribution in [1.29, 1.82) is 0 Å². The second-order valence-corrected chi connectivity index (χ2v) is 4.11. The first-order valence-electron chi connectivity index (χ1n) is 4.84. The summed E-state index contributed by atoms with van der Waals surface area (Å²) in [7, 11) is 1.38. The third-order valence-electron chi connectivity index (χ3n) is 1.80. The van der Waals surface area contributed by atoms with E-state index in [9.17, 15) is 9.59 Å². The summed E-state index contributed by atoms with van der Waals surface area (Å²) in [6.45, 7) is 0. The monoisotopic (exact) mass is 234 g/mol. The molecule has 88 valence electrons. The summed E-state index contributed by atoms with van der Waals surface area (Å²) in [6, 6.07) is 0. The van der Waals surface area contributed by atoms with E-state index in [4.69, 9.17) is 5.84 Å². The van der Waals surface area contributed by atoms with Gasteiger partial charge in [-0.15, -0.1) is 0 Å². The Kier molecular flexibility index (Phi) is 9.30. The van der Waals surface area contributed by atoms with Gasteiger partial charge >= 0.3 is 5.97 Å². The average molecular weight is 234 g/mol. The van der Waals surface area contributed by atoms with Gasteiger partial charge in [0.1, 0.15) is 0 Å². The number of amides is 1. The molecule has 6 heteroatoms. The zero-order valence-electron chi connectivity index (χ0n) is 8.95. The highest BCUT2D eigenvalue weighted by atomic mass is 32.2. The maximum absolute atomic E-state index is 10.7. The van der Waals surface area contributed by atoms with E-state index in [1.54, 1.807) is 11.8 Å². The van der Waals surface area contributed by atoms with Gasteiger partial charge in [0.15, 0.2) is 0 Å². The highest BCUT2D eigenvalue weighted by Crippen LogP contribution is 2.07. The van der Waals surface area contributed by atoms with Crippen molar-refractivity contribution in [3.05, 3.63) is 0 Å². The standard InChI is InChI=1S/C9H18N2O3S/c1-14-9(13)7-15-6-4-2-3-5-8(12)11-10/h2-7,10H2,1H3,(H,11,12). The number of thioether (sulfide) groups is 1. The summed E-state index contributed by atoms with van der Waals surface area (Å²) in [6.07, 6.45) is 3.28. The van der Waals surface area contributed by atoms with Gasteiger partial charge in [0.05, 0.1) is 12.9 Å². The smallest absolute Gasteiger partial charge is 0.315 e. The molecule has 0 aliphatic carbocycles. The van der Waals surface area contributed by atoms with Crippen molar-refractivity contribution >= 4 is 23.6 Å². The fraction of sp³-hybridized carbons (Fsp3) is 0.778. The SMILES string of the molecule is COC(=O)CSCCCCCC(=O)NN. The largest absolute Gasteiger partial charge is 0.468 e. The molecule has 15 heavy (non-hydrogen) atoms. The van der Waals surface area contributed by atoms with Crippen molar-refractivity contribution in [2.24, 2.45) is 5.84 Å². The first kappa shape index (κ1) is 14.2. The van der Waals surface area contributed by atoms with E-state index in [-0.39, 0.29) is 11.9 Å². The Morgan fingerprint density at radius 2 is 2.07 bits per heavy atom. The third-order valence-corrected chi connectivity index (χ3v) is 2.82. The zero-order valence-corrected chi connectivity index (χ0v) is 9.77. The van der Waals surface area contributed by atoms with Crippen molar-refractivity contribution in [3.63, 3.8) is 0 Å². The highest BCUT2D eigenvalue weighted by molar-refractivity contribution is 7.99. The predicted molar refractivity (Wildman–Crippen MR) is 60.1 cm³/mol. The Morgan fingerprint density at radius 3 is 2.67 bits per heavy atom. The van der Waals surface area contributed by atoms with Crippen LogP contribution in [-0.2, 0) is 14.3 Å². The summed E-state index contributed by atoms with van der Waals surface area (Å²) in [5, 5.41) is 0. The molecule has 0 unspecified atom stereocenters. The molecule has 0 aromatic carbocycles. The number of nitrogens with one attached hydrogen (secondary N) is 1. The molecule has 3 N–H and O–H groups in total. The van der Waals surface area contributed by atoms with Crippen LogP contribution in [0.4, 0.5) is 0 Å². The van der Waals surface area contributed by atoms with E-state index in [2.05, 4.69) is 10.2 Å². The van der Waals surface area contributed by atoms with Crippen LogP contribution in [0.5, 0.6) is 0 Å². The minimum atomic E-state index is -0.192. The molecule has 0 bridgehead atoms. The lowest BCUT2D eigenvalue weighted by molar-refractivity contribution is -0.137. The van der Waals surface area contributed by atoms with Crippen LogP contribution in [0.15, 0.2) is 0 Å². The molecule has 0 heterocycles. The van der Waals surface area contributed by atoms with Gasteiger partial charge in [0.25, 0.3) is 0 Å². The van der Waals surface area contributed by atoms with E-state index >= 15 is 0 Å².